The lowest BCUT2D eigenvalue weighted by Gasteiger charge is -2.08. The zero-order valence-corrected chi connectivity index (χ0v) is 15.7. The van der Waals surface area contributed by atoms with E-state index in [2.05, 4.69) is 17.4 Å². The molecule has 0 aromatic heterocycles. The molecule has 3 aromatic carbocycles. The van der Waals surface area contributed by atoms with Crippen LogP contribution in [0, 0.1) is 10.1 Å². The first-order valence-electron chi connectivity index (χ1n) is 8.05. The van der Waals surface area contributed by atoms with Crippen LogP contribution in [0.1, 0.15) is 15.9 Å². The van der Waals surface area contributed by atoms with Crippen LogP contribution < -0.4 is 5.32 Å². The number of anilines is 1. The zero-order valence-electron chi connectivity index (χ0n) is 14.1. The summed E-state index contributed by atoms with van der Waals surface area (Å²) < 4.78 is 0. The Hall–Kier alpha value is -2.83. The number of non-ortho nitro benzene ring substituents is 1. The molecule has 0 heterocycles. The highest BCUT2D eigenvalue weighted by Gasteiger charge is 2.16. The molecule has 3 aromatic rings. The lowest BCUT2D eigenvalue weighted by molar-refractivity contribution is -0.384. The third kappa shape index (κ3) is 5.09. The highest BCUT2D eigenvalue weighted by atomic mass is 35.5. The van der Waals surface area contributed by atoms with Gasteiger partial charge in [-0.1, -0.05) is 41.9 Å². The van der Waals surface area contributed by atoms with Crippen molar-refractivity contribution in [1.82, 2.24) is 0 Å². The topological polar surface area (TPSA) is 72.2 Å². The minimum atomic E-state index is -0.563. The molecule has 5 nitrogen and oxygen atoms in total. The monoisotopic (exact) mass is 398 g/mol. The van der Waals surface area contributed by atoms with Crippen molar-refractivity contribution in [2.24, 2.45) is 0 Å². The average Bonchev–Trinajstić information content (AvgIpc) is 2.68. The molecule has 7 heteroatoms. The number of carbonyl (C=O) groups excluding carboxylic acids is 1. The van der Waals surface area contributed by atoms with Crippen LogP contribution in [0.4, 0.5) is 11.4 Å². The van der Waals surface area contributed by atoms with Crippen LogP contribution in [-0.2, 0) is 5.75 Å². The Kier molecular flexibility index (Phi) is 6.11. The van der Waals surface area contributed by atoms with Crippen LogP contribution in [0.25, 0.3) is 0 Å². The van der Waals surface area contributed by atoms with Gasteiger partial charge in [-0.25, -0.2) is 0 Å². The van der Waals surface area contributed by atoms with E-state index in [1.165, 1.54) is 23.1 Å². The normalized spacial score (nSPS) is 10.4. The van der Waals surface area contributed by atoms with Gasteiger partial charge in [0, 0.05) is 28.5 Å². The number of nitro benzene ring substituents is 1. The van der Waals surface area contributed by atoms with E-state index in [-0.39, 0.29) is 16.3 Å². The number of nitrogens with one attached hydrogen (secondary N) is 1. The standard InChI is InChI=1S/C20H15ClN2O3S/c21-19-11-10-16(23(25)26)12-18(19)20(24)22-15-8-6-14(7-9-15)13-27-17-4-2-1-3-5-17/h1-12H,13H2,(H,22,24). The average molecular weight is 399 g/mol. The highest BCUT2D eigenvalue weighted by Crippen LogP contribution is 2.25. The van der Waals surface area contributed by atoms with E-state index >= 15 is 0 Å². The summed E-state index contributed by atoms with van der Waals surface area (Å²) in [6.07, 6.45) is 0. The quantitative estimate of drug-likeness (QED) is 0.324. The number of carbonyl (C=O) groups is 1. The summed E-state index contributed by atoms with van der Waals surface area (Å²) in [7, 11) is 0. The second-order valence-electron chi connectivity index (χ2n) is 5.67. The van der Waals surface area contributed by atoms with Crippen LogP contribution >= 0.6 is 23.4 Å². The maximum atomic E-state index is 12.4. The Morgan fingerprint density at radius 1 is 1.04 bits per heavy atom. The number of rotatable bonds is 6. The van der Waals surface area contributed by atoms with E-state index in [4.69, 9.17) is 11.6 Å². The summed E-state index contributed by atoms with van der Waals surface area (Å²) in [4.78, 5) is 23.9. The second kappa shape index (κ2) is 8.70. The third-order valence-corrected chi connectivity index (χ3v) is 5.18. The molecule has 0 saturated carbocycles. The Morgan fingerprint density at radius 2 is 1.74 bits per heavy atom. The summed E-state index contributed by atoms with van der Waals surface area (Å²) >= 11 is 7.73. The van der Waals surface area contributed by atoms with Crippen molar-refractivity contribution in [2.45, 2.75) is 10.6 Å². The van der Waals surface area contributed by atoms with Crippen molar-refractivity contribution in [2.75, 3.05) is 5.32 Å². The Bertz CT molecular complexity index is 963. The first-order chi connectivity index (χ1) is 13.0. The number of hydrogen-bond donors (Lipinski definition) is 1. The molecule has 0 aliphatic rings. The van der Waals surface area contributed by atoms with Crippen molar-refractivity contribution in [1.29, 1.82) is 0 Å². The van der Waals surface area contributed by atoms with Gasteiger partial charge in [0.25, 0.3) is 11.6 Å². The molecule has 0 aliphatic heterocycles. The minimum absolute atomic E-state index is 0.0644. The predicted molar refractivity (Wildman–Crippen MR) is 109 cm³/mol. The Balaban J connectivity index is 1.65. The van der Waals surface area contributed by atoms with E-state index in [0.29, 0.717) is 5.69 Å². The third-order valence-electron chi connectivity index (χ3n) is 3.77. The van der Waals surface area contributed by atoms with Crippen molar-refractivity contribution in [3.63, 3.8) is 0 Å². The first kappa shape index (κ1) is 18.9. The van der Waals surface area contributed by atoms with Gasteiger partial charge in [-0.2, -0.15) is 0 Å². The van der Waals surface area contributed by atoms with Gasteiger partial charge in [0.05, 0.1) is 15.5 Å². The molecule has 3 rings (SSSR count). The van der Waals surface area contributed by atoms with Gasteiger partial charge in [0.2, 0.25) is 0 Å². The molecule has 0 fully saturated rings. The number of halogens is 1. The maximum absolute atomic E-state index is 12.4. The zero-order chi connectivity index (χ0) is 19.2. The molecular weight excluding hydrogens is 384 g/mol. The van der Waals surface area contributed by atoms with Crippen LogP contribution in [0.15, 0.2) is 77.7 Å². The lowest BCUT2D eigenvalue weighted by atomic mass is 10.1. The molecule has 0 atom stereocenters. The minimum Gasteiger partial charge on any atom is -0.322 e. The van der Waals surface area contributed by atoms with E-state index in [9.17, 15) is 14.9 Å². The molecule has 27 heavy (non-hydrogen) atoms. The molecule has 0 radical (unpaired) electrons. The molecule has 0 saturated heterocycles. The van der Waals surface area contributed by atoms with Gasteiger partial charge in [0.1, 0.15) is 0 Å². The molecule has 0 spiro atoms. The fourth-order valence-corrected chi connectivity index (χ4v) is 3.45. The van der Waals surface area contributed by atoms with Crippen LogP contribution in [0.5, 0.6) is 0 Å². The van der Waals surface area contributed by atoms with Crippen molar-refractivity contribution < 1.29 is 9.72 Å². The first-order valence-corrected chi connectivity index (χ1v) is 9.41. The molecule has 136 valence electrons. The van der Waals surface area contributed by atoms with Gasteiger partial charge >= 0.3 is 0 Å². The summed E-state index contributed by atoms with van der Waals surface area (Å²) in [6, 6.07) is 21.3. The fraction of sp³-hybridized carbons (Fsp3) is 0.0500. The predicted octanol–water partition coefficient (Wildman–Crippen LogP) is 5.79. The summed E-state index contributed by atoms with van der Waals surface area (Å²) in [6.45, 7) is 0. The van der Waals surface area contributed by atoms with E-state index in [1.54, 1.807) is 23.9 Å². The largest absolute Gasteiger partial charge is 0.322 e. The van der Waals surface area contributed by atoms with Gasteiger partial charge in [-0.05, 0) is 35.9 Å². The number of amides is 1. The van der Waals surface area contributed by atoms with Gasteiger partial charge in [-0.3, -0.25) is 14.9 Å². The van der Waals surface area contributed by atoms with Crippen LogP contribution in [0.2, 0.25) is 5.02 Å². The SMILES string of the molecule is O=C(Nc1ccc(CSc2ccccc2)cc1)c1cc([N+](=O)[O-])ccc1Cl. The van der Waals surface area contributed by atoms with E-state index < -0.39 is 10.8 Å². The summed E-state index contributed by atoms with van der Waals surface area (Å²) in [5, 5.41) is 13.8. The molecule has 0 aliphatic carbocycles. The van der Waals surface area contributed by atoms with Crippen molar-refractivity contribution in [3.05, 3.63) is 99.1 Å². The Labute approximate surface area is 165 Å². The van der Waals surface area contributed by atoms with Crippen LogP contribution in [0.3, 0.4) is 0 Å². The number of thioether (sulfide) groups is 1. The maximum Gasteiger partial charge on any atom is 0.270 e. The molecule has 0 bridgehead atoms. The van der Waals surface area contributed by atoms with Crippen molar-refractivity contribution in [3.8, 4) is 0 Å². The van der Waals surface area contributed by atoms with Gasteiger partial charge in [0.15, 0.2) is 0 Å². The van der Waals surface area contributed by atoms with E-state index in [0.717, 1.165) is 11.3 Å². The second-order valence-corrected chi connectivity index (χ2v) is 7.13. The number of nitro groups is 1. The lowest BCUT2D eigenvalue weighted by Crippen LogP contribution is -2.12. The van der Waals surface area contributed by atoms with Crippen LogP contribution in [-0.4, -0.2) is 10.8 Å². The van der Waals surface area contributed by atoms with Gasteiger partial charge in [-0.15, -0.1) is 11.8 Å². The fourth-order valence-electron chi connectivity index (χ4n) is 2.37. The molecule has 1 amide bonds. The number of hydrogen-bond acceptors (Lipinski definition) is 4. The number of benzene rings is 3. The van der Waals surface area contributed by atoms with Gasteiger partial charge < -0.3 is 5.32 Å². The Morgan fingerprint density at radius 3 is 2.41 bits per heavy atom. The summed E-state index contributed by atoms with van der Waals surface area (Å²) in [5.41, 5.74) is 1.60. The summed E-state index contributed by atoms with van der Waals surface area (Å²) in [5.74, 6) is 0.324. The smallest absolute Gasteiger partial charge is 0.270 e. The molecular formula is C20H15ClN2O3S. The van der Waals surface area contributed by atoms with E-state index in [1.807, 2.05) is 30.3 Å². The molecule has 1 N–H and O–H groups in total. The number of nitrogens with zero attached hydrogens (tertiary/aromatic N) is 1. The van der Waals surface area contributed by atoms with Crippen molar-refractivity contribution >= 4 is 40.6 Å². The molecule has 0 unspecified atom stereocenters. The highest BCUT2D eigenvalue weighted by molar-refractivity contribution is 7.98.